The Morgan fingerprint density at radius 3 is 2.79 bits per heavy atom. The Balaban J connectivity index is 2.18. The average molecular weight is 280 g/mol. The smallest absolute Gasteiger partial charge is 0.259 e. The minimum Gasteiger partial charge on any atom is -0.472 e. The largest absolute Gasteiger partial charge is 0.472 e. The van der Waals surface area contributed by atoms with Crippen molar-refractivity contribution in [3.63, 3.8) is 0 Å². The quantitative estimate of drug-likeness (QED) is 0.718. The minimum absolute atomic E-state index is 0.0849. The van der Waals surface area contributed by atoms with Crippen LogP contribution in [0.25, 0.3) is 0 Å². The van der Waals surface area contributed by atoms with Crippen molar-refractivity contribution in [2.24, 2.45) is 11.8 Å². The van der Waals surface area contributed by atoms with Gasteiger partial charge in [-0.1, -0.05) is 13.3 Å². The summed E-state index contributed by atoms with van der Waals surface area (Å²) in [5.41, 5.74) is 0.437. The van der Waals surface area contributed by atoms with Crippen LogP contribution in [0.4, 0.5) is 0 Å². The molecule has 3 atom stereocenters. The summed E-state index contributed by atoms with van der Waals surface area (Å²) in [5.74, 6) is 1.92. The monoisotopic (exact) mass is 280 g/mol. The maximum Gasteiger partial charge on any atom is 0.259 e. The molecule has 1 aliphatic carbocycles. The van der Waals surface area contributed by atoms with Crippen molar-refractivity contribution in [2.45, 2.75) is 51.6 Å². The summed E-state index contributed by atoms with van der Waals surface area (Å²) in [5, 5.41) is 0. The molecular formula is C14H20N2O2S. The van der Waals surface area contributed by atoms with Gasteiger partial charge in [0.15, 0.2) is 4.77 Å². The molecule has 2 aliphatic rings. The van der Waals surface area contributed by atoms with Crippen LogP contribution in [0.2, 0.25) is 0 Å². The Hall–Kier alpha value is -1.10. The van der Waals surface area contributed by atoms with Crippen molar-refractivity contribution < 1.29 is 4.74 Å². The van der Waals surface area contributed by atoms with Crippen molar-refractivity contribution in [3.05, 3.63) is 20.7 Å². The van der Waals surface area contributed by atoms with Gasteiger partial charge in [-0.05, 0) is 44.8 Å². The third-order valence-electron chi connectivity index (χ3n) is 4.68. The second-order valence-electron chi connectivity index (χ2n) is 6.49. The summed E-state index contributed by atoms with van der Waals surface area (Å²) in [7, 11) is 0. The summed E-state index contributed by atoms with van der Waals surface area (Å²) in [6.45, 7) is 6.49. The predicted octanol–water partition coefficient (Wildman–Crippen LogP) is 3.12. The van der Waals surface area contributed by atoms with Gasteiger partial charge in [-0.2, -0.15) is 0 Å². The second-order valence-corrected chi connectivity index (χ2v) is 6.90. The SMILES string of the molecule is C[C@H]1CC[C@H]2[C@@H](C1)c1c([nH]c(=S)[nH]c1=O)OC2(C)C. The average Bonchev–Trinajstić information content (AvgIpc) is 2.25. The predicted molar refractivity (Wildman–Crippen MR) is 76.2 cm³/mol. The summed E-state index contributed by atoms with van der Waals surface area (Å²) in [6.07, 6.45) is 3.38. The lowest BCUT2D eigenvalue weighted by Gasteiger charge is -2.47. The van der Waals surface area contributed by atoms with E-state index in [2.05, 4.69) is 30.7 Å². The first kappa shape index (κ1) is 12.9. The van der Waals surface area contributed by atoms with Gasteiger partial charge in [-0.15, -0.1) is 0 Å². The molecule has 0 amide bonds. The zero-order valence-electron chi connectivity index (χ0n) is 11.6. The molecule has 4 nitrogen and oxygen atoms in total. The molecule has 2 heterocycles. The van der Waals surface area contributed by atoms with Gasteiger partial charge < -0.3 is 9.72 Å². The van der Waals surface area contributed by atoms with Gasteiger partial charge in [-0.3, -0.25) is 9.78 Å². The molecule has 1 aromatic heterocycles. The van der Waals surface area contributed by atoms with Crippen molar-refractivity contribution in [1.29, 1.82) is 0 Å². The van der Waals surface area contributed by atoms with Crippen molar-refractivity contribution in [3.8, 4) is 5.88 Å². The zero-order valence-corrected chi connectivity index (χ0v) is 12.4. The van der Waals surface area contributed by atoms with E-state index in [4.69, 9.17) is 17.0 Å². The van der Waals surface area contributed by atoms with Crippen LogP contribution in [-0.4, -0.2) is 15.6 Å². The molecular weight excluding hydrogens is 260 g/mol. The lowest BCUT2D eigenvalue weighted by molar-refractivity contribution is -0.0186. The van der Waals surface area contributed by atoms with Crippen LogP contribution in [0.15, 0.2) is 4.79 Å². The van der Waals surface area contributed by atoms with Crippen LogP contribution in [0.3, 0.4) is 0 Å². The Morgan fingerprint density at radius 1 is 1.32 bits per heavy atom. The molecule has 1 aliphatic heterocycles. The number of aromatic amines is 2. The maximum absolute atomic E-state index is 12.2. The first-order chi connectivity index (χ1) is 8.88. The van der Waals surface area contributed by atoms with Crippen molar-refractivity contribution in [1.82, 2.24) is 9.97 Å². The van der Waals surface area contributed by atoms with E-state index in [9.17, 15) is 4.79 Å². The highest BCUT2D eigenvalue weighted by atomic mass is 32.1. The maximum atomic E-state index is 12.2. The van der Waals surface area contributed by atoms with Crippen molar-refractivity contribution >= 4 is 12.2 Å². The molecule has 0 bridgehead atoms. The second kappa shape index (κ2) is 4.20. The van der Waals surface area contributed by atoms with Gasteiger partial charge >= 0.3 is 0 Å². The molecule has 0 radical (unpaired) electrons. The number of ether oxygens (including phenoxy) is 1. The highest BCUT2D eigenvalue weighted by molar-refractivity contribution is 7.71. The number of fused-ring (bicyclic) bond motifs is 3. The molecule has 5 heteroatoms. The minimum atomic E-state index is -0.246. The number of nitrogens with one attached hydrogen (secondary N) is 2. The fourth-order valence-electron chi connectivity index (χ4n) is 3.76. The third-order valence-corrected chi connectivity index (χ3v) is 4.89. The van der Waals surface area contributed by atoms with Gasteiger partial charge in [0, 0.05) is 11.8 Å². The number of H-pyrrole nitrogens is 2. The summed E-state index contributed by atoms with van der Waals surface area (Å²) in [6, 6.07) is 0. The number of rotatable bonds is 0. The molecule has 0 saturated heterocycles. The standard InChI is InChI=1S/C14H20N2O2S/c1-7-4-5-9-8(6-7)10-11(17)15-13(19)16-12(10)18-14(9,2)3/h7-9H,4-6H2,1-3H3,(H2,15,16,17,19)/t7-,8+,9-/m0/s1. The zero-order chi connectivity index (χ0) is 13.8. The van der Waals surface area contributed by atoms with Crippen LogP contribution >= 0.6 is 12.2 Å². The fraction of sp³-hybridized carbons (Fsp3) is 0.714. The van der Waals surface area contributed by atoms with E-state index in [0.717, 1.165) is 18.4 Å². The van der Waals surface area contributed by atoms with E-state index < -0.39 is 0 Å². The van der Waals surface area contributed by atoms with Gasteiger partial charge in [0.2, 0.25) is 5.88 Å². The molecule has 104 valence electrons. The van der Waals surface area contributed by atoms with Crippen LogP contribution in [0, 0.1) is 16.6 Å². The molecule has 1 saturated carbocycles. The van der Waals surface area contributed by atoms with Crippen LogP contribution in [-0.2, 0) is 0 Å². The van der Waals surface area contributed by atoms with E-state index in [1.54, 1.807) is 0 Å². The Bertz CT molecular complexity index is 617. The summed E-state index contributed by atoms with van der Waals surface area (Å²) < 4.78 is 6.38. The number of hydrogen-bond donors (Lipinski definition) is 2. The first-order valence-electron chi connectivity index (χ1n) is 6.94. The van der Waals surface area contributed by atoms with Crippen molar-refractivity contribution in [2.75, 3.05) is 0 Å². The Morgan fingerprint density at radius 2 is 2.05 bits per heavy atom. The lowest BCUT2D eigenvalue weighted by atomic mass is 9.65. The summed E-state index contributed by atoms with van der Waals surface area (Å²) in [4.78, 5) is 17.9. The fourth-order valence-corrected chi connectivity index (χ4v) is 3.95. The number of hydrogen-bond acceptors (Lipinski definition) is 3. The van der Waals surface area contributed by atoms with E-state index in [0.29, 0.717) is 22.5 Å². The van der Waals surface area contributed by atoms with E-state index in [1.165, 1.54) is 6.42 Å². The van der Waals surface area contributed by atoms with Gasteiger partial charge in [0.05, 0.1) is 5.56 Å². The Labute approximate surface area is 117 Å². The number of aromatic nitrogens is 2. The van der Waals surface area contributed by atoms with Crippen LogP contribution in [0.1, 0.15) is 51.5 Å². The van der Waals surface area contributed by atoms with Gasteiger partial charge in [-0.25, -0.2) is 0 Å². The Kier molecular flexibility index (Phi) is 2.85. The van der Waals surface area contributed by atoms with Crippen LogP contribution in [0.5, 0.6) is 5.88 Å². The third kappa shape index (κ3) is 2.04. The highest BCUT2D eigenvalue weighted by Gasteiger charge is 2.47. The van der Waals surface area contributed by atoms with E-state index in [1.807, 2.05) is 0 Å². The molecule has 0 unspecified atom stereocenters. The van der Waals surface area contributed by atoms with Gasteiger partial charge in [0.25, 0.3) is 5.56 Å². The van der Waals surface area contributed by atoms with E-state index in [-0.39, 0.29) is 17.1 Å². The molecule has 3 rings (SSSR count). The highest BCUT2D eigenvalue weighted by Crippen LogP contribution is 2.50. The first-order valence-corrected chi connectivity index (χ1v) is 7.35. The topological polar surface area (TPSA) is 57.9 Å². The molecule has 19 heavy (non-hydrogen) atoms. The van der Waals surface area contributed by atoms with Crippen LogP contribution < -0.4 is 10.3 Å². The molecule has 1 aromatic rings. The molecule has 2 N–H and O–H groups in total. The molecule has 0 spiro atoms. The van der Waals surface area contributed by atoms with E-state index >= 15 is 0 Å². The van der Waals surface area contributed by atoms with Gasteiger partial charge in [0.1, 0.15) is 5.60 Å². The lowest BCUT2D eigenvalue weighted by Crippen LogP contribution is -2.48. The molecule has 0 aromatic carbocycles. The molecule has 1 fully saturated rings. The summed E-state index contributed by atoms with van der Waals surface area (Å²) >= 11 is 5.04. The normalized spacial score (nSPS) is 32.1.